The Bertz CT molecular complexity index is 11.6. The zero-order valence-corrected chi connectivity index (χ0v) is 3.77. The quantitative estimate of drug-likeness (QED) is 0.411. The summed E-state index contributed by atoms with van der Waals surface area (Å²) in [6.07, 6.45) is 0. The van der Waals surface area contributed by atoms with Crippen LogP contribution in [-0.2, 0) is 21.7 Å². The van der Waals surface area contributed by atoms with Crippen LogP contribution in [0.15, 0.2) is 0 Å². The third kappa shape index (κ3) is 93.1. The Balaban J connectivity index is 0. The first kappa shape index (κ1) is 9.13. The smallest absolute Gasteiger partial charge is 0.254 e. The van der Waals surface area contributed by atoms with Crippen molar-refractivity contribution in [3.05, 3.63) is 0 Å². The van der Waals surface area contributed by atoms with E-state index in [-0.39, 0.29) is 21.7 Å². The summed E-state index contributed by atoms with van der Waals surface area (Å²) in [7, 11) is -3.67. The van der Waals surface area contributed by atoms with Crippen LogP contribution in [0.2, 0.25) is 0 Å². The monoisotopic (exact) mass is 116 g/mol. The molecule has 5 heteroatoms. The van der Waals surface area contributed by atoms with Crippen LogP contribution < -0.4 is 0 Å². The van der Waals surface area contributed by atoms with Crippen LogP contribution in [0, 0.1) is 0 Å². The van der Waals surface area contributed by atoms with Gasteiger partial charge in [-0.05, 0) is 0 Å². The van der Waals surface area contributed by atoms with Gasteiger partial charge in [-0.25, -0.2) is 0 Å². The van der Waals surface area contributed by atoms with Crippen LogP contribution in [0.4, 0.5) is 12.9 Å². The van der Waals surface area contributed by atoms with Crippen LogP contribution in [0.25, 0.3) is 0 Å². The standard InChI is InChI=1S/BF3.Ti/c2-1(3)4;. The summed E-state index contributed by atoms with van der Waals surface area (Å²) in [5.74, 6) is 0. The minimum Gasteiger partial charge on any atom is -0.254 e. The Morgan fingerprint density at radius 3 is 1.00 bits per heavy atom. The zero-order valence-electron chi connectivity index (χ0n) is 2.21. The van der Waals surface area contributed by atoms with Crippen molar-refractivity contribution in [3.8, 4) is 0 Å². The molecule has 0 aromatic heterocycles. The van der Waals surface area contributed by atoms with Crippen molar-refractivity contribution < 1.29 is 34.7 Å². The Kier molecular flexibility index (Phi) is 8.34. The largest absolute Gasteiger partial charge is 0.762 e. The second kappa shape index (κ2) is 4.57. The molecule has 0 N–H and O–H groups in total. The molecular formula is BF3Ti. The third-order valence-corrected chi connectivity index (χ3v) is 0. The minimum atomic E-state index is -3.67. The molecule has 0 atom stereocenters. The molecule has 0 radical (unpaired) electrons. The SMILES string of the molecule is FB(F)F.[Ti]. The van der Waals surface area contributed by atoms with E-state index in [0.717, 1.165) is 0 Å². The maximum atomic E-state index is 9.67. The number of halogens is 3. The summed E-state index contributed by atoms with van der Waals surface area (Å²) in [6, 6.07) is 0. The summed E-state index contributed by atoms with van der Waals surface area (Å²) in [5.41, 5.74) is 0. The van der Waals surface area contributed by atoms with Crippen LogP contribution in [0.5, 0.6) is 0 Å². The molecule has 0 aromatic carbocycles. The summed E-state index contributed by atoms with van der Waals surface area (Å²) in [4.78, 5) is 0. The minimum absolute atomic E-state index is 0. The molecule has 0 heterocycles. The molecular weight excluding hydrogens is 116 g/mol. The van der Waals surface area contributed by atoms with Crippen molar-refractivity contribution in [2.45, 2.75) is 0 Å². The van der Waals surface area contributed by atoms with E-state index in [1.807, 2.05) is 0 Å². The van der Waals surface area contributed by atoms with E-state index in [9.17, 15) is 12.9 Å². The second-order valence-corrected chi connectivity index (χ2v) is 0.247. The third-order valence-electron chi connectivity index (χ3n) is 0. The van der Waals surface area contributed by atoms with Gasteiger partial charge in [-0.2, -0.15) is 0 Å². The maximum Gasteiger partial charge on any atom is 0.762 e. The first-order valence-corrected chi connectivity index (χ1v) is 0.655. The van der Waals surface area contributed by atoms with E-state index in [1.165, 1.54) is 0 Å². The predicted molar refractivity (Wildman–Crippen MR) is 9.08 cm³/mol. The molecule has 0 bridgehead atoms. The van der Waals surface area contributed by atoms with Crippen molar-refractivity contribution in [2.24, 2.45) is 0 Å². The van der Waals surface area contributed by atoms with E-state index >= 15 is 0 Å². The molecule has 0 aliphatic heterocycles. The average molecular weight is 116 g/mol. The van der Waals surface area contributed by atoms with Crippen LogP contribution in [0.3, 0.4) is 0 Å². The van der Waals surface area contributed by atoms with Gasteiger partial charge in [0.05, 0.1) is 0 Å². The molecule has 5 heavy (non-hydrogen) atoms. The molecule has 0 saturated heterocycles. The second-order valence-electron chi connectivity index (χ2n) is 0.247. The summed E-state index contributed by atoms with van der Waals surface area (Å²) in [6.45, 7) is 0. The van der Waals surface area contributed by atoms with E-state index in [2.05, 4.69) is 0 Å². The maximum absolute atomic E-state index is 9.67. The first-order chi connectivity index (χ1) is 1.73. The Morgan fingerprint density at radius 2 is 1.00 bits per heavy atom. The van der Waals surface area contributed by atoms with Crippen molar-refractivity contribution in [1.29, 1.82) is 0 Å². The molecule has 28 valence electrons. The fraction of sp³-hybridized carbons (Fsp3) is 0. The zero-order chi connectivity index (χ0) is 3.58. The number of hydrogen-bond acceptors (Lipinski definition) is 0. The Labute approximate surface area is 42.8 Å². The fourth-order valence-electron chi connectivity index (χ4n) is 0. The summed E-state index contributed by atoms with van der Waals surface area (Å²) < 4.78 is 29.0. The molecule has 0 nitrogen and oxygen atoms in total. The molecule has 0 aliphatic carbocycles. The fourth-order valence-corrected chi connectivity index (χ4v) is 0. The predicted octanol–water partition coefficient (Wildman–Crippen LogP) is 0.877. The molecule has 0 aliphatic rings. The normalized spacial score (nSPS) is 5.40. The van der Waals surface area contributed by atoms with Crippen molar-refractivity contribution >= 4 is 7.54 Å². The van der Waals surface area contributed by atoms with Crippen molar-refractivity contribution in [3.63, 3.8) is 0 Å². The van der Waals surface area contributed by atoms with Gasteiger partial charge in [0.2, 0.25) is 0 Å². The first-order valence-electron chi connectivity index (χ1n) is 0.655. The van der Waals surface area contributed by atoms with Crippen LogP contribution >= 0.6 is 0 Å². The average Bonchev–Trinajstić information content (AvgIpc) is 0.811. The van der Waals surface area contributed by atoms with Gasteiger partial charge in [0.15, 0.2) is 0 Å². The molecule has 0 rings (SSSR count). The number of hydrogen-bond donors (Lipinski definition) is 0. The molecule has 0 spiro atoms. The van der Waals surface area contributed by atoms with Crippen LogP contribution in [0.1, 0.15) is 0 Å². The van der Waals surface area contributed by atoms with E-state index in [1.54, 1.807) is 0 Å². The van der Waals surface area contributed by atoms with Gasteiger partial charge in [-0.3, -0.25) is 12.9 Å². The van der Waals surface area contributed by atoms with Crippen LogP contribution in [-0.4, -0.2) is 7.54 Å². The molecule has 0 aromatic rings. The van der Waals surface area contributed by atoms with Gasteiger partial charge in [-0.15, -0.1) is 0 Å². The Morgan fingerprint density at radius 1 is 1.00 bits per heavy atom. The summed E-state index contributed by atoms with van der Waals surface area (Å²) >= 11 is 0. The summed E-state index contributed by atoms with van der Waals surface area (Å²) in [5, 5.41) is 0. The van der Waals surface area contributed by atoms with E-state index in [0.29, 0.717) is 0 Å². The van der Waals surface area contributed by atoms with E-state index < -0.39 is 7.54 Å². The Hall–Kier alpha value is 0.569. The van der Waals surface area contributed by atoms with Gasteiger partial charge in [0.25, 0.3) is 0 Å². The van der Waals surface area contributed by atoms with Gasteiger partial charge < -0.3 is 0 Å². The number of rotatable bonds is 0. The molecule has 0 saturated carbocycles. The molecule has 0 unspecified atom stereocenters. The molecule has 0 fully saturated rings. The van der Waals surface area contributed by atoms with Gasteiger partial charge >= 0.3 is 7.54 Å². The molecule has 0 amide bonds. The van der Waals surface area contributed by atoms with Gasteiger partial charge in [0.1, 0.15) is 0 Å². The van der Waals surface area contributed by atoms with Crippen molar-refractivity contribution in [1.82, 2.24) is 0 Å². The van der Waals surface area contributed by atoms with Gasteiger partial charge in [0, 0.05) is 21.7 Å². The van der Waals surface area contributed by atoms with Crippen molar-refractivity contribution in [2.75, 3.05) is 0 Å². The topological polar surface area (TPSA) is 0 Å². The van der Waals surface area contributed by atoms with E-state index in [4.69, 9.17) is 0 Å². The van der Waals surface area contributed by atoms with Gasteiger partial charge in [-0.1, -0.05) is 0 Å².